The fraction of sp³-hybridized carbons (Fsp3) is 0.143. The molecule has 0 bridgehead atoms. The Morgan fingerprint density at radius 2 is 1.75 bits per heavy atom. The van der Waals surface area contributed by atoms with Crippen LogP contribution in [0.1, 0.15) is 40.0 Å². The molecule has 0 amide bonds. The van der Waals surface area contributed by atoms with Crippen LogP contribution in [0, 0.1) is 0 Å². The number of carbonyl (C=O) groups excluding carboxylic acids is 1. The van der Waals surface area contributed by atoms with Crippen molar-refractivity contribution < 1.29 is 4.79 Å². The van der Waals surface area contributed by atoms with Crippen molar-refractivity contribution in [2.45, 2.75) is 19.3 Å². The first-order valence-corrected chi connectivity index (χ1v) is 8.90. The van der Waals surface area contributed by atoms with Gasteiger partial charge in [0.25, 0.3) is 0 Å². The van der Waals surface area contributed by atoms with Crippen LogP contribution in [0.25, 0.3) is 23.1 Å². The highest BCUT2D eigenvalue weighted by Gasteiger charge is 2.23. The molecule has 1 aliphatic rings. The van der Waals surface area contributed by atoms with Crippen LogP contribution in [0.15, 0.2) is 53.0 Å². The topological polar surface area (TPSA) is 30.0 Å². The Labute approximate surface area is 149 Å². The van der Waals surface area contributed by atoms with Gasteiger partial charge in [0.2, 0.25) is 0 Å². The Bertz CT molecular complexity index is 957. The maximum atomic E-state index is 12.5. The summed E-state index contributed by atoms with van der Waals surface area (Å²) in [6.45, 7) is 0. The molecule has 3 aromatic rings. The van der Waals surface area contributed by atoms with E-state index in [0.717, 1.165) is 50.6 Å². The first kappa shape index (κ1) is 15.3. The van der Waals surface area contributed by atoms with E-state index in [1.165, 1.54) is 0 Å². The molecule has 0 spiro atoms. The number of nitrogens with zero attached hydrogens (tertiary/aromatic N) is 1. The van der Waals surface area contributed by atoms with Gasteiger partial charge in [-0.05, 0) is 42.2 Å². The van der Waals surface area contributed by atoms with Crippen LogP contribution < -0.4 is 0 Å². The molecule has 2 aromatic carbocycles. The molecule has 0 atom stereocenters. The fourth-order valence-corrected chi connectivity index (χ4v) is 3.51. The number of pyridine rings is 1. The number of ketones is 1. The zero-order chi connectivity index (χ0) is 16.5. The van der Waals surface area contributed by atoms with E-state index in [1.54, 1.807) is 0 Å². The Kier molecular flexibility index (Phi) is 4.03. The van der Waals surface area contributed by atoms with Gasteiger partial charge in [0, 0.05) is 21.8 Å². The minimum absolute atomic E-state index is 0.213. The number of para-hydroxylation sites is 1. The smallest absolute Gasteiger partial charge is 0.165 e. The second kappa shape index (κ2) is 6.33. The largest absolute Gasteiger partial charge is 0.294 e. The first-order valence-electron chi connectivity index (χ1n) is 8.11. The minimum atomic E-state index is 0.213. The number of benzene rings is 2. The van der Waals surface area contributed by atoms with Crippen LogP contribution in [0.3, 0.4) is 0 Å². The summed E-state index contributed by atoms with van der Waals surface area (Å²) >= 11 is 3.45. The Balaban J connectivity index is 1.90. The monoisotopic (exact) mass is 377 g/mol. The van der Waals surface area contributed by atoms with Crippen molar-refractivity contribution in [1.29, 1.82) is 0 Å². The number of aryl methyl sites for hydroxylation is 1. The highest BCUT2D eigenvalue weighted by Crippen LogP contribution is 2.30. The third-order valence-electron chi connectivity index (χ3n) is 4.42. The summed E-state index contributed by atoms with van der Waals surface area (Å²) in [6, 6.07) is 16.2. The number of hydrogen-bond donors (Lipinski definition) is 0. The molecule has 24 heavy (non-hydrogen) atoms. The van der Waals surface area contributed by atoms with Gasteiger partial charge in [-0.1, -0.05) is 58.4 Å². The summed E-state index contributed by atoms with van der Waals surface area (Å²) in [7, 11) is 0. The fourth-order valence-electron chi connectivity index (χ4n) is 3.25. The van der Waals surface area contributed by atoms with E-state index in [9.17, 15) is 4.79 Å². The molecule has 118 valence electrons. The standard InChI is InChI=1S/C21H16BrNO/c22-15-11-8-14(9-12-15)10-13-17-16-4-1-2-5-18(16)23-19-6-3-7-20(24)21(17)19/h1-2,4-5,8-13H,3,6-7H2/b13-10+. The van der Waals surface area contributed by atoms with Gasteiger partial charge in [0.05, 0.1) is 11.2 Å². The minimum Gasteiger partial charge on any atom is -0.294 e. The van der Waals surface area contributed by atoms with Gasteiger partial charge in [-0.2, -0.15) is 0 Å². The van der Waals surface area contributed by atoms with Gasteiger partial charge in [-0.3, -0.25) is 9.78 Å². The molecule has 0 fully saturated rings. The molecule has 0 saturated heterocycles. The first-order chi connectivity index (χ1) is 11.7. The predicted octanol–water partition coefficient (Wildman–Crippen LogP) is 5.69. The molecule has 0 unspecified atom stereocenters. The average Bonchev–Trinajstić information content (AvgIpc) is 2.60. The lowest BCUT2D eigenvalue weighted by Gasteiger charge is -2.18. The second-order valence-electron chi connectivity index (χ2n) is 6.03. The maximum absolute atomic E-state index is 12.5. The van der Waals surface area contributed by atoms with Crippen LogP contribution >= 0.6 is 15.9 Å². The van der Waals surface area contributed by atoms with E-state index in [2.05, 4.69) is 40.2 Å². The van der Waals surface area contributed by atoms with Crippen molar-refractivity contribution in [1.82, 2.24) is 4.98 Å². The summed E-state index contributed by atoms with van der Waals surface area (Å²) in [5.74, 6) is 0.213. The van der Waals surface area contributed by atoms with Gasteiger partial charge in [0.15, 0.2) is 5.78 Å². The van der Waals surface area contributed by atoms with Gasteiger partial charge in [0.1, 0.15) is 0 Å². The number of halogens is 1. The van der Waals surface area contributed by atoms with E-state index in [0.29, 0.717) is 6.42 Å². The molecular weight excluding hydrogens is 362 g/mol. The number of rotatable bonds is 2. The SMILES string of the molecule is O=C1CCCc2nc3ccccc3c(/C=C/c3ccc(Br)cc3)c21. The molecule has 0 radical (unpaired) electrons. The van der Waals surface area contributed by atoms with Gasteiger partial charge in [-0.25, -0.2) is 0 Å². The van der Waals surface area contributed by atoms with Gasteiger partial charge in [-0.15, -0.1) is 0 Å². The Morgan fingerprint density at radius 1 is 0.958 bits per heavy atom. The lowest BCUT2D eigenvalue weighted by molar-refractivity contribution is 0.0971. The zero-order valence-corrected chi connectivity index (χ0v) is 14.7. The van der Waals surface area contributed by atoms with Crippen LogP contribution in [0.4, 0.5) is 0 Å². The summed E-state index contributed by atoms with van der Waals surface area (Å²) in [5.41, 5.74) is 4.83. The lowest BCUT2D eigenvalue weighted by Crippen LogP contribution is -2.14. The average molecular weight is 378 g/mol. The van der Waals surface area contributed by atoms with Crippen LogP contribution in [-0.2, 0) is 6.42 Å². The van der Waals surface area contributed by atoms with E-state index < -0.39 is 0 Å². The molecule has 4 rings (SSSR count). The second-order valence-corrected chi connectivity index (χ2v) is 6.94. The number of carbonyl (C=O) groups is 1. The third kappa shape index (κ3) is 2.80. The van der Waals surface area contributed by atoms with Crippen LogP contribution in [0.2, 0.25) is 0 Å². The zero-order valence-electron chi connectivity index (χ0n) is 13.1. The molecule has 3 heteroatoms. The van der Waals surface area contributed by atoms with E-state index in [4.69, 9.17) is 4.98 Å². The predicted molar refractivity (Wildman–Crippen MR) is 102 cm³/mol. The summed E-state index contributed by atoms with van der Waals surface area (Å²) in [4.78, 5) is 17.3. The van der Waals surface area contributed by atoms with E-state index in [-0.39, 0.29) is 5.78 Å². The number of fused-ring (bicyclic) bond motifs is 2. The van der Waals surface area contributed by atoms with E-state index in [1.807, 2.05) is 36.4 Å². The quantitative estimate of drug-likeness (QED) is 0.574. The van der Waals surface area contributed by atoms with E-state index >= 15 is 0 Å². The van der Waals surface area contributed by atoms with Crippen molar-refractivity contribution in [3.05, 3.63) is 75.4 Å². The third-order valence-corrected chi connectivity index (χ3v) is 4.94. The molecule has 1 heterocycles. The Morgan fingerprint density at radius 3 is 2.58 bits per heavy atom. The van der Waals surface area contributed by atoms with Crippen molar-refractivity contribution >= 4 is 44.8 Å². The molecular formula is C21H16BrNO. The highest BCUT2D eigenvalue weighted by molar-refractivity contribution is 9.10. The van der Waals surface area contributed by atoms with Gasteiger partial charge >= 0.3 is 0 Å². The number of hydrogen-bond acceptors (Lipinski definition) is 2. The van der Waals surface area contributed by atoms with Crippen molar-refractivity contribution in [2.75, 3.05) is 0 Å². The molecule has 0 saturated carbocycles. The maximum Gasteiger partial charge on any atom is 0.165 e. The van der Waals surface area contributed by atoms with Crippen LogP contribution in [0.5, 0.6) is 0 Å². The van der Waals surface area contributed by atoms with Crippen molar-refractivity contribution in [2.24, 2.45) is 0 Å². The normalized spacial score (nSPS) is 14.3. The number of Topliss-reactive ketones (excluding diaryl/α,β-unsaturated/α-hetero) is 1. The van der Waals surface area contributed by atoms with Gasteiger partial charge < -0.3 is 0 Å². The molecule has 1 aliphatic carbocycles. The lowest BCUT2D eigenvalue weighted by atomic mass is 9.88. The molecule has 0 aliphatic heterocycles. The summed E-state index contributed by atoms with van der Waals surface area (Å²) in [5, 5.41) is 1.04. The summed E-state index contributed by atoms with van der Waals surface area (Å²) < 4.78 is 1.06. The molecule has 0 N–H and O–H groups in total. The summed E-state index contributed by atoms with van der Waals surface area (Å²) in [6.07, 6.45) is 6.52. The van der Waals surface area contributed by atoms with Crippen LogP contribution in [-0.4, -0.2) is 10.8 Å². The molecule has 1 aromatic heterocycles. The van der Waals surface area contributed by atoms with Crippen molar-refractivity contribution in [3.8, 4) is 0 Å². The Hall–Kier alpha value is -2.26. The van der Waals surface area contributed by atoms with Crippen molar-refractivity contribution in [3.63, 3.8) is 0 Å². The molecule has 2 nitrogen and oxygen atoms in total. The highest BCUT2D eigenvalue weighted by atomic mass is 79.9. The number of aromatic nitrogens is 1.